The summed E-state index contributed by atoms with van der Waals surface area (Å²) in [6, 6.07) is 9.65. The number of rotatable bonds is 5. The van der Waals surface area contributed by atoms with Gasteiger partial charge in [-0.3, -0.25) is 14.8 Å². The maximum absolute atomic E-state index is 14.9. The molecule has 0 unspecified atom stereocenters. The van der Waals surface area contributed by atoms with Gasteiger partial charge in [0.05, 0.1) is 29.2 Å². The Hall–Kier alpha value is -4.14. The van der Waals surface area contributed by atoms with Crippen LogP contribution in [0.4, 0.5) is 14.6 Å². The number of halogens is 2. The molecule has 0 aliphatic heterocycles. The van der Waals surface area contributed by atoms with Gasteiger partial charge in [-0.15, -0.1) is 0 Å². The van der Waals surface area contributed by atoms with E-state index in [0.29, 0.717) is 28.0 Å². The number of aryl methyl sites for hydroxylation is 1. The van der Waals surface area contributed by atoms with Crippen LogP contribution in [0.5, 0.6) is 0 Å². The number of hydrogen-bond acceptors (Lipinski definition) is 5. The van der Waals surface area contributed by atoms with E-state index >= 15 is 0 Å². The molecule has 0 aliphatic carbocycles. The predicted octanol–water partition coefficient (Wildman–Crippen LogP) is 4.31. The van der Waals surface area contributed by atoms with E-state index in [1.807, 2.05) is 12.3 Å². The van der Waals surface area contributed by atoms with E-state index in [0.717, 1.165) is 5.56 Å². The van der Waals surface area contributed by atoms with E-state index in [1.54, 1.807) is 42.3 Å². The van der Waals surface area contributed by atoms with Gasteiger partial charge >= 0.3 is 0 Å². The molecule has 1 aromatic carbocycles. The number of H-pyrrole nitrogens is 1. The molecular weight excluding hydrogens is 400 g/mol. The van der Waals surface area contributed by atoms with Gasteiger partial charge in [-0.05, 0) is 35.9 Å². The van der Waals surface area contributed by atoms with Crippen LogP contribution >= 0.6 is 0 Å². The molecule has 0 saturated carbocycles. The van der Waals surface area contributed by atoms with E-state index in [9.17, 15) is 8.78 Å². The van der Waals surface area contributed by atoms with Gasteiger partial charge in [0.15, 0.2) is 0 Å². The second-order valence-corrected chi connectivity index (χ2v) is 7.09. The van der Waals surface area contributed by atoms with E-state index in [4.69, 9.17) is 0 Å². The first kappa shape index (κ1) is 18.9. The van der Waals surface area contributed by atoms with Crippen LogP contribution in [0.2, 0.25) is 0 Å². The van der Waals surface area contributed by atoms with Crippen LogP contribution in [0.3, 0.4) is 0 Å². The molecule has 4 heterocycles. The van der Waals surface area contributed by atoms with Gasteiger partial charge in [-0.1, -0.05) is 6.07 Å². The predicted molar refractivity (Wildman–Crippen MR) is 113 cm³/mol. The number of anilines is 1. The zero-order valence-corrected chi connectivity index (χ0v) is 16.5. The Kier molecular flexibility index (Phi) is 4.62. The average molecular weight is 417 g/mol. The SMILES string of the molecule is Cn1cc(-c2n[nH]c3cnc(-c4c(F)cc(CNc5ccccn5)cc4F)cc23)cn1. The summed E-state index contributed by atoms with van der Waals surface area (Å²) >= 11 is 0. The van der Waals surface area contributed by atoms with Crippen molar-refractivity contribution in [2.75, 3.05) is 5.32 Å². The summed E-state index contributed by atoms with van der Waals surface area (Å²) < 4.78 is 31.5. The first-order valence-corrected chi connectivity index (χ1v) is 9.55. The molecule has 2 N–H and O–H groups in total. The van der Waals surface area contributed by atoms with Crippen LogP contribution in [0.1, 0.15) is 5.56 Å². The van der Waals surface area contributed by atoms with Crippen LogP contribution in [-0.2, 0) is 13.6 Å². The Morgan fingerprint density at radius 1 is 1.06 bits per heavy atom. The summed E-state index contributed by atoms with van der Waals surface area (Å²) in [5, 5.41) is 15.1. The fourth-order valence-corrected chi connectivity index (χ4v) is 3.45. The molecule has 0 amide bonds. The Labute approximate surface area is 175 Å². The van der Waals surface area contributed by atoms with Gasteiger partial charge in [0.25, 0.3) is 0 Å². The second-order valence-electron chi connectivity index (χ2n) is 7.09. The standard InChI is InChI=1S/C22H17F2N7/c1-31-12-14(10-28-31)22-15-8-18(26-11-19(15)29-30-22)21-16(23)6-13(7-17(21)24)9-27-20-4-2-3-5-25-20/h2-8,10-12H,9H2,1H3,(H,25,27)(H,29,30). The third kappa shape index (κ3) is 3.61. The number of aromatic amines is 1. The fraction of sp³-hybridized carbons (Fsp3) is 0.0909. The molecule has 0 saturated heterocycles. The third-order valence-electron chi connectivity index (χ3n) is 4.92. The van der Waals surface area contributed by atoms with Gasteiger partial charge < -0.3 is 5.32 Å². The highest BCUT2D eigenvalue weighted by atomic mass is 19.1. The molecule has 154 valence electrons. The van der Waals surface area contributed by atoms with Crippen molar-refractivity contribution in [3.8, 4) is 22.5 Å². The maximum atomic E-state index is 14.9. The van der Waals surface area contributed by atoms with Gasteiger partial charge in [0.2, 0.25) is 0 Å². The van der Waals surface area contributed by atoms with Crippen LogP contribution < -0.4 is 5.32 Å². The van der Waals surface area contributed by atoms with Crippen molar-refractivity contribution in [1.29, 1.82) is 0 Å². The minimum Gasteiger partial charge on any atom is -0.366 e. The highest BCUT2D eigenvalue weighted by molar-refractivity contribution is 5.94. The number of nitrogens with one attached hydrogen (secondary N) is 2. The van der Waals surface area contributed by atoms with E-state index in [2.05, 4.69) is 30.6 Å². The van der Waals surface area contributed by atoms with E-state index < -0.39 is 11.6 Å². The molecule has 0 radical (unpaired) electrons. The Balaban J connectivity index is 1.49. The van der Waals surface area contributed by atoms with Crippen LogP contribution in [0.15, 0.2) is 61.2 Å². The average Bonchev–Trinajstić information content (AvgIpc) is 3.38. The molecule has 9 heteroatoms. The number of aromatic nitrogens is 6. The maximum Gasteiger partial charge on any atom is 0.135 e. The topological polar surface area (TPSA) is 84.3 Å². The van der Waals surface area contributed by atoms with Crippen molar-refractivity contribution in [1.82, 2.24) is 29.9 Å². The molecule has 5 rings (SSSR count). The van der Waals surface area contributed by atoms with Crippen LogP contribution in [0.25, 0.3) is 33.4 Å². The number of hydrogen-bond donors (Lipinski definition) is 2. The van der Waals surface area contributed by atoms with Gasteiger partial charge in [-0.25, -0.2) is 13.8 Å². The van der Waals surface area contributed by atoms with Crippen molar-refractivity contribution in [2.24, 2.45) is 7.05 Å². The smallest absolute Gasteiger partial charge is 0.135 e. The molecule has 31 heavy (non-hydrogen) atoms. The Morgan fingerprint density at radius 3 is 2.61 bits per heavy atom. The minimum absolute atomic E-state index is 0.179. The Bertz CT molecular complexity index is 1350. The number of benzene rings is 1. The fourth-order valence-electron chi connectivity index (χ4n) is 3.45. The van der Waals surface area contributed by atoms with Gasteiger partial charge in [0.1, 0.15) is 23.1 Å². The summed E-state index contributed by atoms with van der Waals surface area (Å²) in [4.78, 5) is 8.38. The molecular formula is C22H17F2N7. The lowest BCUT2D eigenvalue weighted by atomic mass is 10.0. The summed E-state index contributed by atoms with van der Waals surface area (Å²) in [7, 11) is 1.81. The van der Waals surface area contributed by atoms with Crippen molar-refractivity contribution >= 4 is 16.7 Å². The molecule has 0 fully saturated rings. The first-order chi connectivity index (χ1) is 15.1. The lowest BCUT2D eigenvalue weighted by Gasteiger charge is -2.10. The van der Waals surface area contributed by atoms with Crippen molar-refractivity contribution in [3.63, 3.8) is 0 Å². The summed E-state index contributed by atoms with van der Waals surface area (Å²) in [5.41, 5.74) is 2.58. The van der Waals surface area contributed by atoms with E-state index in [-0.39, 0.29) is 17.8 Å². The molecule has 0 aliphatic rings. The van der Waals surface area contributed by atoms with Gasteiger partial charge in [0, 0.05) is 36.9 Å². The third-order valence-corrected chi connectivity index (χ3v) is 4.92. The second kappa shape index (κ2) is 7.60. The lowest BCUT2D eigenvalue weighted by Crippen LogP contribution is -2.03. The first-order valence-electron chi connectivity index (χ1n) is 9.55. The largest absolute Gasteiger partial charge is 0.366 e. The molecule has 0 spiro atoms. The van der Waals surface area contributed by atoms with Crippen LogP contribution in [0, 0.1) is 11.6 Å². The van der Waals surface area contributed by atoms with Crippen LogP contribution in [-0.4, -0.2) is 29.9 Å². The number of pyridine rings is 2. The molecule has 7 nitrogen and oxygen atoms in total. The zero-order valence-electron chi connectivity index (χ0n) is 16.5. The van der Waals surface area contributed by atoms with Crippen molar-refractivity contribution < 1.29 is 8.78 Å². The minimum atomic E-state index is -0.684. The summed E-state index contributed by atoms with van der Waals surface area (Å²) in [6.07, 6.45) is 6.66. The zero-order chi connectivity index (χ0) is 21.4. The monoisotopic (exact) mass is 417 g/mol. The number of fused-ring (bicyclic) bond motifs is 1. The van der Waals surface area contributed by atoms with Crippen molar-refractivity contribution in [3.05, 3.63) is 78.4 Å². The normalized spacial score (nSPS) is 11.2. The van der Waals surface area contributed by atoms with Crippen molar-refractivity contribution in [2.45, 2.75) is 6.54 Å². The highest BCUT2D eigenvalue weighted by Crippen LogP contribution is 2.31. The molecule has 0 atom stereocenters. The molecule has 0 bridgehead atoms. The highest BCUT2D eigenvalue weighted by Gasteiger charge is 2.18. The summed E-state index contributed by atoms with van der Waals surface area (Å²) in [5.74, 6) is -0.741. The lowest BCUT2D eigenvalue weighted by molar-refractivity contribution is 0.585. The Morgan fingerprint density at radius 2 is 1.90 bits per heavy atom. The molecule has 5 aromatic rings. The van der Waals surface area contributed by atoms with E-state index in [1.165, 1.54) is 18.3 Å². The number of nitrogens with zero attached hydrogens (tertiary/aromatic N) is 5. The summed E-state index contributed by atoms with van der Waals surface area (Å²) in [6.45, 7) is 0.241. The molecule has 4 aromatic heterocycles. The van der Waals surface area contributed by atoms with Gasteiger partial charge in [-0.2, -0.15) is 10.2 Å². The quantitative estimate of drug-likeness (QED) is 0.445.